The Kier molecular flexibility index (Phi) is 5.57. The van der Waals surface area contributed by atoms with Crippen molar-refractivity contribution >= 4 is 28.6 Å². The van der Waals surface area contributed by atoms with Crippen LogP contribution in [0.15, 0.2) is 16.9 Å². The first-order valence-electron chi connectivity index (χ1n) is 9.50. The Morgan fingerprint density at radius 3 is 2.37 bits per heavy atom. The maximum Gasteiger partial charge on any atom is 0.317 e. The fraction of sp³-hybridized carbons (Fsp3) is 0.524. The summed E-state index contributed by atoms with van der Waals surface area (Å²) in [5, 5.41) is 0. The van der Waals surface area contributed by atoms with Gasteiger partial charge in [-0.3, -0.25) is 14.3 Å². The highest BCUT2D eigenvalue weighted by Gasteiger charge is 2.32. The van der Waals surface area contributed by atoms with Gasteiger partial charge >= 0.3 is 5.97 Å². The molecule has 5 nitrogen and oxygen atoms in total. The number of esters is 1. The number of hydrogen-bond acceptors (Lipinski definition) is 3. The monoisotopic (exact) mass is 482 g/mol. The van der Waals surface area contributed by atoms with Crippen molar-refractivity contribution in [2.24, 2.45) is 5.41 Å². The number of hydrogen-bond donors (Lipinski definition) is 0. The van der Waals surface area contributed by atoms with Crippen LogP contribution in [0.25, 0.3) is 11.1 Å². The Bertz CT molecular complexity index is 948. The molecule has 0 fully saturated rings. The van der Waals surface area contributed by atoms with Crippen LogP contribution in [0.1, 0.15) is 51.7 Å². The minimum absolute atomic E-state index is 0.0644. The molecule has 0 saturated carbocycles. The minimum Gasteiger partial charge on any atom is -0.407 e. The largest absolute Gasteiger partial charge is 0.407 e. The molecule has 0 spiro atoms. The van der Waals surface area contributed by atoms with Crippen molar-refractivity contribution in [3.63, 3.8) is 0 Å². The van der Waals surface area contributed by atoms with Crippen molar-refractivity contribution in [2.45, 2.75) is 67.0 Å². The summed E-state index contributed by atoms with van der Waals surface area (Å²) in [6.07, 6.45) is 2.74. The first-order valence-corrected chi connectivity index (χ1v) is 10.6. The highest BCUT2D eigenvalue weighted by atomic mass is 127. The second-order valence-electron chi connectivity index (χ2n) is 8.19. The third-order valence-corrected chi connectivity index (χ3v) is 5.62. The molecule has 0 bridgehead atoms. The Morgan fingerprint density at radius 1 is 1.15 bits per heavy atom. The maximum absolute atomic E-state index is 13.3. The van der Waals surface area contributed by atoms with Crippen LogP contribution in [0.3, 0.4) is 0 Å². The normalized spacial score (nSPS) is 14.1. The third-order valence-electron chi connectivity index (χ3n) is 4.99. The molecular weight excluding hydrogens is 455 g/mol. The summed E-state index contributed by atoms with van der Waals surface area (Å²) < 4.78 is 10.6. The number of ether oxygens (including phenoxy) is 1. The Balaban J connectivity index is 2.29. The van der Waals surface area contributed by atoms with Gasteiger partial charge in [-0.2, -0.15) is 0 Å². The predicted molar refractivity (Wildman–Crippen MR) is 115 cm³/mol. The zero-order chi connectivity index (χ0) is 19.9. The van der Waals surface area contributed by atoms with E-state index in [2.05, 4.69) is 41.6 Å². The van der Waals surface area contributed by atoms with Gasteiger partial charge in [-0.25, -0.2) is 4.68 Å². The van der Waals surface area contributed by atoms with Crippen LogP contribution < -0.4 is 10.3 Å². The number of rotatable bonds is 3. The van der Waals surface area contributed by atoms with Gasteiger partial charge in [0.1, 0.15) is 5.56 Å². The Hall–Kier alpha value is -1.57. The SMILES string of the molecule is CCc1cc(I)cc(C)c1-c1c(OC(=O)C(C)(C)C)n2n(c1=O)CCCC2. The number of aryl methyl sites for hydroxylation is 2. The van der Waals surface area contributed by atoms with Crippen molar-refractivity contribution in [1.29, 1.82) is 0 Å². The molecule has 1 aromatic carbocycles. The number of benzene rings is 1. The highest BCUT2D eigenvalue weighted by Crippen LogP contribution is 2.36. The second kappa shape index (κ2) is 7.45. The average Bonchev–Trinajstić information content (AvgIpc) is 2.86. The summed E-state index contributed by atoms with van der Waals surface area (Å²) in [6.45, 7) is 10.9. The van der Waals surface area contributed by atoms with E-state index in [1.54, 1.807) is 4.68 Å². The number of aromatic nitrogens is 2. The van der Waals surface area contributed by atoms with Gasteiger partial charge in [-0.1, -0.05) is 6.92 Å². The van der Waals surface area contributed by atoms with Crippen LogP contribution in [0.2, 0.25) is 0 Å². The molecule has 1 aliphatic rings. The molecule has 1 aliphatic heterocycles. The zero-order valence-electron chi connectivity index (χ0n) is 16.7. The van der Waals surface area contributed by atoms with Crippen LogP contribution in [0, 0.1) is 15.9 Å². The van der Waals surface area contributed by atoms with Gasteiger partial charge in [0, 0.05) is 16.7 Å². The fourth-order valence-electron chi connectivity index (χ4n) is 3.54. The van der Waals surface area contributed by atoms with Crippen LogP contribution >= 0.6 is 22.6 Å². The van der Waals surface area contributed by atoms with Gasteiger partial charge in [0.25, 0.3) is 5.56 Å². The lowest BCUT2D eigenvalue weighted by Gasteiger charge is -2.21. The number of nitrogens with zero attached hydrogens (tertiary/aromatic N) is 2. The number of carbonyl (C=O) groups excluding carboxylic acids is 1. The molecule has 0 amide bonds. The summed E-state index contributed by atoms with van der Waals surface area (Å²) >= 11 is 2.30. The molecule has 27 heavy (non-hydrogen) atoms. The Labute approximate surface area is 173 Å². The molecule has 146 valence electrons. The van der Waals surface area contributed by atoms with E-state index in [9.17, 15) is 9.59 Å². The summed E-state index contributed by atoms with van der Waals surface area (Å²) in [5.74, 6) is 0.0788. The molecule has 0 radical (unpaired) electrons. The molecule has 6 heteroatoms. The molecule has 0 saturated heterocycles. The topological polar surface area (TPSA) is 53.2 Å². The molecule has 2 aromatic rings. The number of halogens is 1. The molecule has 3 rings (SSSR count). The summed E-state index contributed by atoms with van der Waals surface area (Å²) in [6, 6.07) is 4.18. The first-order chi connectivity index (χ1) is 12.6. The zero-order valence-corrected chi connectivity index (χ0v) is 18.8. The van der Waals surface area contributed by atoms with E-state index in [4.69, 9.17) is 4.74 Å². The van der Waals surface area contributed by atoms with Crippen LogP contribution in [0.4, 0.5) is 0 Å². The third kappa shape index (κ3) is 3.73. The molecular formula is C21H27IN2O3. The first kappa shape index (κ1) is 20.2. The van der Waals surface area contributed by atoms with E-state index in [1.165, 1.54) is 0 Å². The maximum atomic E-state index is 13.3. The van der Waals surface area contributed by atoms with E-state index in [1.807, 2.05) is 32.4 Å². The molecule has 0 unspecified atom stereocenters. The van der Waals surface area contributed by atoms with Crippen LogP contribution in [0.5, 0.6) is 5.88 Å². The van der Waals surface area contributed by atoms with E-state index in [0.29, 0.717) is 24.5 Å². The highest BCUT2D eigenvalue weighted by molar-refractivity contribution is 14.1. The van der Waals surface area contributed by atoms with Gasteiger partial charge < -0.3 is 4.74 Å². The van der Waals surface area contributed by atoms with Crippen molar-refractivity contribution in [2.75, 3.05) is 0 Å². The Morgan fingerprint density at radius 2 is 1.78 bits per heavy atom. The van der Waals surface area contributed by atoms with Gasteiger partial charge in [0.15, 0.2) is 0 Å². The van der Waals surface area contributed by atoms with Gasteiger partial charge in [-0.15, -0.1) is 0 Å². The molecule has 0 aliphatic carbocycles. The number of carbonyl (C=O) groups is 1. The summed E-state index contributed by atoms with van der Waals surface area (Å²) in [7, 11) is 0. The lowest BCUT2D eigenvalue weighted by Crippen LogP contribution is -2.29. The fourth-order valence-corrected chi connectivity index (χ4v) is 4.39. The molecule has 2 heterocycles. The van der Waals surface area contributed by atoms with Crippen LogP contribution in [-0.2, 0) is 24.3 Å². The summed E-state index contributed by atoms with van der Waals surface area (Å²) in [4.78, 5) is 26.0. The van der Waals surface area contributed by atoms with E-state index in [0.717, 1.165) is 39.5 Å². The lowest BCUT2D eigenvalue weighted by molar-refractivity contribution is -0.143. The van der Waals surface area contributed by atoms with E-state index in [-0.39, 0.29) is 11.5 Å². The van der Waals surface area contributed by atoms with Gasteiger partial charge in [0.05, 0.1) is 5.41 Å². The van der Waals surface area contributed by atoms with E-state index < -0.39 is 5.41 Å². The number of fused-ring (bicyclic) bond motifs is 1. The smallest absolute Gasteiger partial charge is 0.317 e. The lowest BCUT2D eigenvalue weighted by atomic mass is 9.95. The van der Waals surface area contributed by atoms with Crippen molar-refractivity contribution in [3.05, 3.63) is 37.2 Å². The van der Waals surface area contributed by atoms with Gasteiger partial charge in [-0.05, 0) is 98.4 Å². The van der Waals surface area contributed by atoms with Crippen molar-refractivity contribution in [3.8, 4) is 17.0 Å². The predicted octanol–water partition coefficient (Wildman–Crippen LogP) is 4.54. The van der Waals surface area contributed by atoms with Crippen molar-refractivity contribution < 1.29 is 9.53 Å². The summed E-state index contributed by atoms with van der Waals surface area (Å²) in [5.41, 5.74) is 2.87. The molecule has 1 aromatic heterocycles. The minimum atomic E-state index is -0.640. The van der Waals surface area contributed by atoms with Crippen LogP contribution in [-0.4, -0.2) is 15.3 Å². The molecule has 0 N–H and O–H groups in total. The second-order valence-corrected chi connectivity index (χ2v) is 9.43. The standard InChI is InChI=1S/C21H27IN2O3/c1-6-14-12-15(22)11-13(2)16(14)17-18(25)23-9-7-8-10-24(23)19(17)27-20(26)21(3,4)5/h11-12H,6-10H2,1-5H3. The van der Waals surface area contributed by atoms with Crippen molar-refractivity contribution in [1.82, 2.24) is 9.36 Å². The molecule has 0 atom stereocenters. The quantitative estimate of drug-likeness (QED) is 0.477. The van der Waals surface area contributed by atoms with Gasteiger partial charge in [0.2, 0.25) is 5.88 Å². The van der Waals surface area contributed by atoms with E-state index >= 15 is 0 Å². The average molecular weight is 482 g/mol.